The van der Waals surface area contributed by atoms with Gasteiger partial charge < -0.3 is 10.5 Å². The second kappa shape index (κ2) is 5.27. The number of ether oxygens (including phenoxy) is 1. The van der Waals surface area contributed by atoms with Crippen molar-refractivity contribution in [1.82, 2.24) is 0 Å². The molecule has 0 amide bonds. The zero-order chi connectivity index (χ0) is 10.4. The van der Waals surface area contributed by atoms with E-state index in [1.54, 1.807) is 12.1 Å². The number of nitrogens with two attached hydrogens (primary N) is 1. The number of nitrogen functional groups attached to an aromatic ring is 1. The van der Waals surface area contributed by atoms with E-state index < -0.39 is 0 Å². The average molecular weight is 191 g/mol. The van der Waals surface area contributed by atoms with Crippen LogP contribution in [-0.2, 0) is 0 Å². The molecule has 0 aliphatic rings. The fourth-order valence-corrected chi connectivity index (χ4v) is 1.02. The lowest BCUT2D eigenvalue weighted by Gasteiger charge is -2.05. The molecule has 3 N–H and O–H groups in total. The van der Waals surface area contributed by atoms with Gasteiger partial charge in [-0.05, 0) is 30.7 Å². The van der Waals surface area contributed by atoms with Crippen LogP contribution in [0.4, 0.5) is 0 Å². The van der Waals surface area contributed by atoms with Crippen molar-refractivity contribution in [2.75, 3.05) is 6.61 Å². The maximum Gasteiger partial charge on any atom is 0.122 e. The Bertz CT molecular complexity index is 293. The van der Waals surface area contributed by atoms with E-state index in [0.717, 1.165) is 24.2 Å². The fourth-order valence-electron chi connectivity index (χ4n) is 1.02. The highest BCUT2D eigenvalue weighted by Crippen LogP contribution is 2.12. The van der Waals surface area contributed by atoms with Crippen LogP contribution in [-0.4, -0.2) is 12.4 Å². The van der Waals surface area contributed by atoms with Crippen molar-refractivity contribution in [3.63, 3.8) is 0 Å². The molecular weight excluding hydrogens is 176 g/mol. The predicted molar refractivity (Wildman–Crippen MR) is 57.5 cm³/mol. The van der Waals surface area contributed by atoms with Gasteiger partial charge in [-0.2, -0.15) is 0 Å². The van der Waals surface area contributed by atoms with Crippen LogP contribution < -0.4 is 10.5 Å². The Balaban J connectivity index is 2.51. The SMILES string of the molecule is [CH2]CCCOc1ccc(C(=N)N)cc1. The van der Waals surface area contributed by atoms with Gasteiger partial charge >= 0.3 is 0 Å². The third-order valence-electron chi connectivity index (χ3n) is 1.83. The summed E-state index contributed by atoms with van der Waals surface area (Å²) < 4.78 is 5.43. The summed E-state index contributed by atoms with van der Waals surface area (Å²) in [6.45, 7) is 4.41. The predicted octanol–water partition coefficient (Wildman–Crippen LogP) is 1.96. The van der Waals surface area contributed by atoms with Gasteiger partial charge in [-0.1, -0.05) is 13.3 Å². The highest BCUT2D eigenvalue weighted by Gasteiger charge is 1.96. The summed E-state index contributed by atoms with van der Waals surface area (Å²) in [6, 6.07) is 7.20. The first-order chi connectivity index (χ1) is 6.74. The number of rotatable bonds is 5. The Morgan fingerprint density at radius 3 is 2.50 bits per heavy atom. The summed E-state index contributed by atoms with van der Waals surface area (Å²) in [4.78, 5) is 0. The topological polar surface area (TPSA) is 59.1 Å². The molecule has 1 radical (unpaired) electrons. The molecule has 0 heterocycles. The van der Waals surface area contributed by atoms with Gasteiger partial charge in [0.2, 0.25) is 0 Å². The van der Waals surface area contributed by atoms with Gasteiger partial charge in [-0.15, -0.1) is 0 Å². The first-order valence-corrected chi connectivity index (χ1v) is 4.60. The van der Waals surface area contributed by atoms with Crippen LogP contribution in [0.25, 0.3) is 0 Å². The van der Waals surface area contributed by atoms with E-state index in [1.807, 2.05) is 12.1 Å². The molecule has 0 aliphatic heterocycles. The van der Waals surface area contributed by atoms with Crippen molar-refractivity contribution >= 4 is 5.84 Å². The Morgan fingerprint density at radius 2 is 2.00 bits per heavy atom. The first kappa shape index (κ1) is 10.6. The first-order valence-electron chi connectivity index (χ1n) is 4.60. The summed E-state index contributed by atoms with van der Waals surface area (Å²) in [6.07, 6.45) is 1.83. The molecular formula is C11H15N2O. The van der Waals surface area contributed by atoms with Crippen molar-refractivity contribution < 1.29 is 4.74 Å². The van der Waals surface area contributed by atoms with Crippen molar-refractivity contribution in [2.24, 2.45) is 5.73 Å². The van der Waals surface area contributed by atoms with Gasteiger partial charge in [-0.3, -0.25) is 5.41 Å². The number of benzene rings is 1. The van der Waals surface area contributed by atoms with Gasteiger partial charge in [0.25, 0.3) is 0 Å². The van der Waals surface area contributed by atoms with Gasteiger partial charge in [0.05, 0.1) is 6.61 Å². The van der Waals surface area contributed by atoms with Gasteiger partial charge in [-0.25, -0.2) is 0 Å². The van der Waals surface area contributed by atoms with Crippen LogP contribution in [0.5, 0.6) is 5.75 Å². The van der Waals surface area contributed by atoms with Gasteiger partial charge in [0.15, 0.2) is 0 Å². The molecule has 0 aromatic heterocycles. The largest absolute Gasteiger partial charge is 0.494 e. The minimum absolute atomic E-state index is 0.0781. The van der Waals surface area contributed by atoms with Crippen LogP contribution in [0.1, 0.15) is 18.4 Å². The standard InChI is InChI=1S/C11H15N2O/c1-2-3-8-14-10-6-4-9(5-7-10)11(12)13/h4-7H,1-3,8H2,(H3,12,13). The highest BCUT2D eigenvalue weighted by molar-refractivity contribution is 5.94. The Morgan fingerprint density at radius 1 is 1.36 bits per heavy atom. The summed E-state index contributed by atoms with van der Waals surface area (Å²) in [7, 11) is 0. The molecule has 3 nitrogen and oxygen atoms in total. The van der Waals surface area contributed by atoms with Crippen LogP contribution in [0.2, 0.25) is 0 Å². The molecule has 3 heteroatoms. The van der Waals surface area contributed by atoms with Crippen LogP contribution >= 0.6 is 0 Å². The molecule has 1 rings (SSSR count). The highest BCUT2D eigenvalue weighted by atomic mass is 16.5. The van der Waals surface area contributed by atoms with Crippen LogP contribution in [0, 0.1) is 12.3 Å². The molecule has 0 fully saturated rings. The molecule has 0 spiro atoms. The number of hydrogen-bond donors (Lipinski definition) is 2. The van der Waals surface area contributed by atoms with Gasteiger partial charge in [0, 0.05) is 5.56 Å². The normalized spacial score (nSPS) is 9.79. The second-order valence-corrected chi connectivity index (χ2v) is 2.99. The Kier molecular flexibility index (Phi) is 3.98. The van der Waals surface area contributed by atoms with E-state index >= 15 is 0 Å². The van der Waals surface area contributed by atoms with E-state index in [2.05, 4.69) is 6.92 Å². The van der Waals surface area contributed by atoms with Crippen molar-refractivity contribution in [3.8, 4) is 5.75 Å². The smallest absolute Gasteiger partial charge is 0.122 e. The van der Waals surface area contributed by atoms with Crippen LogP contribution in [0.3, 0.4) is 0 Å². The zero-order valence-electron chi connectivity index (χ0n) is 8.12. The van der Waals surface area contributed by atoms with E-state index in [4.69, 9.17) is 15.9 Å². The third kappa shape index (κ3) is 3.09. The Labute approximate surface area is 84.4 Å². The quantitative estimate of drug-likeness (QED) is 0.424. The molecule has 75 valence electrons. The minimum Gasteiger partial charge on any atom is -0.494 e. The number of nitrogens with one attached hydrogen (secondary N) is 1. The monoisotopic (exact) mass is 191 g/mol. The fraction of sp³-hybridized carbons (Fsp3) is 0.273. The maximum absolute atomic E-state index is 7.20. The van der Waals surface area contributed by atoms with E-state index in [-0.39, 0.29) is 5.84 Å². The maximum atomic E-state index is 7.20. The van der Waals surface area contributed by atoms with E-state index in [9.17, 15) is 0 Å². The zero-order valence-corrected chi connectivity index (χ0v) is 8.12. The molecule has 0 saturated carbocycles. The van der Waals surface area contributed by atoms with Crippen molar-refractivity contribution in [1.29, 1.82) is 5.41 Å². The summed E-state index contributed by atoms with van der Waals surface area (Å²) in [5, 5.41) is 7.20. The molecule has 0 bridgehead atoms. The minimum atomic E-state index is 0.0781. The summed E-state index contributed by atoms with van der Waals surface area (Å²) >= 11 is 0. The van der Waals surface area contributed by atoms with E-state index in [1.165, 1.54) is 0 Å². The molecule has 0 aliphatic carbocycles. The number of unbranched alkanes of at least 4 members (excludes halogenated alkanes) is 1. The van der Waals surface area contributed by atoms with E-state index in [0.29, 0.717) is 6.61 Å². The van der Waals surface area contributed by atoms with Crippen LogP contribution in [0.15, 0.2) is 24.3 Å². The third-order valence-corrected chi connectivity index (χ3v) is 1.83. The lowest BCUT2D eigenvalue weighted by Crippen LogP contribution is -2.10. The van der Waals surface area contributed by atoms with Crippen molar-refractivity contribution in [2.45, 2.75) is 12.8 Å². The lowest BCUT2D eigenvalue weighted by atomic mass is 10.2. The molecule has 1 aromatic rings. The molecule has 0 unspecified atom stereocenters. The molecule has 0 atom stereocenters. The van der Waals surface area contributed by atoms with Gasteiger partial charge in [0.1, 0.15) is 11.6 Å². The molecule has 14 heavy (non-hydrogen) atoms. The Hall–Kier alpha value is -1.51. The summed E-state index contributed by atoms with van der Waals surface area (Å²) in [5.74, 6) is 0.887. The number of hydrogen-bond acceptors (Lipinski definition) is 2. The van der Waals surface area contributed by atoms with Crippen molar-refractivity contribution in [3.05, 3.63) is 36.8 Å². The molecule has 0 saturated heterocycles. The number of amidine groups is 1. The lowest BCUT2D eigenvalue weighted by molar-refractivity contribution is 0.312. The average Bonchev–Trinajstić information content (AvgIpc) is 2.19. The molecule has 1 aromatic carbocycles. The summed E-state index contributed by atoms with van der Waals surface area (Å²) in [5.41, 5.74) is 6.04. The second-order valence-electron chi connectivity index (χ2n) is 2.99.